The van der Waals surface area contributed by atoms with Crippen LogP contribution in [0.15, 0.2) is 78.9 Å². The van der Waals surface area contributed by atoms with Crippen LogP contribution in [-0.2, 0) is 29.1 Å². The minimum absolute atomic E-state index is 0.0203. The highest BCUT2D eigenvalue weighted by Gasteiger charge is 2.36. The predicted octanol–water partition coefficient (Wildman–Crippen LogP) is 5.24. The first kappa shape index (κ1) is 31.8. The minimum atomic E-state index is -0.621. The summed E-state index contributed by atoms with van der Waals surface area (Å²) in [5.74, 6) is 0.894. The highest BCUT2D eigenvalue weighted by molar-refractivity contribution is 6.31. The number of nitrogens with zero attached hydrogens (tertiary/aromatic N) is 3. The second kappa shape index (κ2) is 15.9. The molecule has 2 amide bonds. The third-order valence-corrected chi connectivity index (χ3v) is 9.15. The molecule has 8 nitrogen and oxygen atoms in total. The molecule has 3 aromatic rings. The van der Waals surface area contributed by atoms with Crippen LogP contribution in [0.2, 0.25) is 5.02 Å². The second-order valence-corrected chi connectivity index (χ2v) is 12.0. The summed E-state index contributed by atoms with van der Waals surface area (Å²) in [6, 6.07) is 25.0. The van der Waals surface area contributed by atoms with Crippen molar-refractivity contribution in [3.63, 3.8) is 0 Å². The standard InChI is InChI=1S/C35H43ClN4O4/c1-43-32-14-8-6-12-30(32)25-39-21-23-40(24-22-39)34(41)33(37-35(42)44-26-27-9-3-2-4-10-27)29-16-19-38(20-17-29)18-15-28-11-5-7-13-31(28)36/h2-14,29,33H,15-26H2,1H3,(H,37,42)/t33-/m1/s1. The number of para-hydroxylation sites is 1. The highest BCUT2D eigenvalue weighted by atomic mass is 35.5. The Bertz CT molecular complexity index is 1360. The van der Waals surface area contributed by atoms with Gasteiger partial charge in [0.2, 0.25) is 5.91 Å². The molecule has 0 radical (unpaired) electrons. The summed E-state index contributed by atoms with van der Waals surface area (Å²) in [4.78, 5) is 33.6. The summed E-state index contributed by atoms with van der Waals surface area (Å²) in [6.07, 6.45) is 1.98. The zero-order valence-corrected chi connectivity index (χ0v) is 26.3. The first-order chi connectivity index (χ1) is 21.5. The Labute approximate surface area is 265 Å². The number of piperazine rings is 1. The van der Waals surface area contributed by atoms with E-state index in [4.69, 9.17) is 21.1 Å². The fourth-order valence-corrected chi connectivity index (χ4v) is 6.39. The number of alkyl carbamates (subject to hydrolysis) is 1. The molecule has 1 atom stereocenters. The lowest BCUT2D eigenvalue weighted by Gasteiger charge is -2.40. The van der Waals surface area contributed by atoms with Crippen LogP contribution < -0.4 is 10.1 Å². The van der Waals surface area contributed by atoms with E-state index in [-0.39, 0.29) is 18.4 Å². The van der Waals surface area contributed by atoms with Crippen LogP contribution in [0.1, 0.15) is 29.5 Å². The van der Waals surface area contributed by atoms with Gasteiger partial charge in [0, 0.05) is 49.9 Å². The summed E-state index contributed by atoms with van der Waals surface area (Å²) in [6.45, 7) is 6.32. The third-order valence-electron chi connectivity index (χ3n) is 8.78. The molecule has 234 valence electrons. The quantitative estimate of drug-likeness (QED) is 0.317. The number of amides is 2. The Morgan fingerprint density at radius 2 is 1.50 bits per heavy atom. The van der Waals surface area contributed by atoms with Gasteiger partial charge in [-0.1, -0.05) is 78.3 Å². The number of methoxy groups -OCH3 is 1. The van der Waals surface area contributed by atoms with E-state index < -0.39 is 12.1 Å². The van der Waals surface area contributed by atoms with Crippen LogP contribution in [0.25, 0.3) is 0 Å². The van der Waals surface area contributed by atoms with Crippen LogP contribution in [0.5, 0.6) is 5.75 Å². The number of likely N-dealkylation sites (tertiary alicyclic amines) is 1. The van der Waals surface area contributed by atoms with Crippen molar-refractivity contribution in [1.82, 2.24) is 20.0 Å². The van der Waals surface area contributed by atoms with Gasteiger partial charge < -0.3 is 24.6 Å². The first-order valence-electron chi connectivity index (χ1n) is 15.6. The molecule has 5 rings (SSSR count). The van der Waals surface area contributed by atoms with E-state index in [1.165, 1.54) is 0 Å². The van der Waals surface area contributed by atoms with E-state index in [9.17, 15) is 9.59 Å². The molecule has 3 aromatic carbocycles. The maximum Gasteiger partial charge on any atom is 0.408 e. The molecule has 2 aliphatic heterocycles. The van der Waals surface area contributed by atoms with Gasteiger partial charge in [-0.05, 0) is 61.5 Å². The molecule has 0 bridgehead atoms. The number of hydrogen-bond donors (Lipinski definition) is 1. The van der Waals surface area contributed by atoms with E-state index in [1.54, 1.807) is 7.11 Å². The highest BCUT2D eigenvalue weighted by Crippen LogP contribution is 2.25. The number of halogens is 1. The second-order valence-electron chi connectivity index (χ2n) is 11.6. The van der Waals surface area contributed by atoms with Gasteiger partial charge in [-0.2, -0.15) is 0 Å². The lowest BCUT2D eigenvalue weighted by atomic mass is 9.88. The molecule has 2 fully saturated rings. The number of piperidine rings is 1. The van der Waals surface area contributed by atoms with Crippen molar-refractivity contribution in [2.24, 2.45) is 5.92 Å². The van der Waals surface area contributed by atoms with E-state index in [2.05, 4.69) is 27.2 Å². The third kappa shape index (κ3) is 8.74. The van der Waals surface area contributed by atoms with Crippen molar-refractivity contribution in [3.8, 4) is 5.75 Å². The Morgan fingerprint density at radius 1 is 0.841 bits per heavy atom. The summed E-state index contributed by atoms with van der Waals surface area (Å²) < 4.78 is 11.1. The van der Waals surface area contributed by atoms with Gasteiger partial charge in [-0.25, -0.2) is 4.79 Å². The summed E-state index contributed by atoms with van der Waals surface area (Å²) in [5.41, 5.74) is 3.19. The Morgan fingerprint density at radius 3 is 2.20 bits per heavy atom. The van der Waals surface area contributed by atoms with Gasteiger partial charge in [0.15, 0.2) is 0 Å². The van der Waals surface area contributed by atoms with Crippen molar-refractivity contribution < 1.29 is 19.1 Å². The molecule has 2 aliphatic rings. The molecule has 0 unspecified atom stereocenters. The molecule has 44 heavy (non-hydrogen) atoms. The first-order valence-corrected chi connectivity index (χ1v) is 15.9. The zero-order valence-electron chi connectivity index (χ0n) is 25.5. The molecule has 9 heteroatoms. The molecule has 0 spiro atoms. The SMILES string of the molecule is COc1ccccc1CN1CCN(C(=O)[C@H](NC(=O)OCc2ccccc2)C2CCN(CCc3ccccc3Cl)CC2)CC1. The van der Waals surface area contributed by atoms with Gasteiger partial charge >= 0.3 is 6.09 Å². The maximum absolute atomic E-state index is 14.0. The number of carbonyl (C=O) groups is 2. The molecule has 0 aromatic heterocycles. The van der Waals surface area contributed by atoms with Gasteiger partial charge in [0.1, 0.15) is 18.4 Å². The Kier molecular flexibility index (Phi) is 11.5. The normalized spacial score (nSPS) is 17.2. The van der Waals surface area contributed by atoms with Crippen LogP contribution in [-0.4, -0.2) is 85.7 Å². The van der Waals surface area contributed by atoms with E-state index in [0.717, 1.165) is 86.0 Å². The zero-order chi connectivity index (χ0) is 30.7. The lowest BCUT2D eigenvalue weighted by Crippen LogP contribution is -2.58. The molecule has 1 N–H and O–H groups in total. The van der Waals surface area contributed by atoms with Crippen LogP contribution in [0.4, 0.5) is 4.79 Å². The van der Waals surface area contributed by atoms with E-state index in [1.807, 2.05) is 71.6 Å². The van der Waals surface area contributed by atoms with Gasteiger partial charge in [-0.15, -0.1) is 0 Å². The largest absolute Gasteiger partial charge is 0.496 e. The Hall–Kier alpha value is -3.59. The molecule has 0 aliphatic carbocycles. The fourth-order valence-electron chi connectivity index (χ4n) is 6.16. The van der Waals surface area contributed by atoms with Gasteiger partial charge in [-0.3, -0.25) is 9.69 Å². The molecular weight excluding hydrogens is 576 g/mol. The molecular formula is C35H43ClN4O4. The number of carbonyl (C=O) groups excluding carboxylic acids is 2. The van der Waals surface area contributed by atoms with Crippen molar-refractivity contribution >= 4 is 23.6 Å². The van der Waals surface area contributed by atoms with Crippen molar-refractivity contribution in [2.75, 3.05) is 52.9 Å². The summed E-state index contributed by atoms with van der Waals surface area (Å²) in [5, 5.41) is 3.78. The molecule has 2 heterocycles. The van der Waals surface area contributed by atoms with Crippen molar-refractivity contribution in [3.05, 3.63) is 101 Å². The average Bonchev–Trinajstić information content (AvgIpc) is 3.07. The van der Waals surface area contributed by atoms with E-state index in [0.29, 0.717) is 13.1 Å². The van der Waals surface area contributed by atoms with Crippen molar-refractivity contribution in [2.45, 2.75) is 38.5 Å². The van der Waals surface area contributed by atoms with Gasteiger partial charge in [0.05, 0.1) is 7.11 Å². The maximum atomic E-state index is 14.0. The predicted molar refractivity (Wildman–Crippen MR) is 173 cm³/mol. The van der Waals surface area contributed by atoms with Crippen LogP contribution in [0, 0.1) is 5.92 Å². The average molecular weight is 619 g/mol. The number of hydrogen-bond acceptors (Lipinski definition) is 6. The molecule has 2 saturated heterocycles. The smallest absolute Gasteiger partial charge is 0.408 e. The van der Waals surface area contributed by atoms with E-state index >= 15 is 0 Å². The number of rotatable bonds is 11. The summed E-state index contributed by atoms with van der Waals surface area (Å²) in [7, 11) is 1.69. The van der Waals surface area contributed by atoms with Crippen molar-refractivity contribution in [1.29, 1.82) is 0 Å². The monoisotopic (exact) mass is 618 g/mol. The number of nitrogens with one attached hydrogen (secondary N) is 1. The molecule has 0 saturated carbocycles. The fraction of sp³-hybridized carbons (Fsp3) is 0.429. The number of benzene rings is 3. The number of ether oxygens (including phenoxy) is 2. The minimum Gasteiger partial charge on any atom is -0.496 e. The van der Waals surface area contributed by atoms with Gasteiger partial charge in [0.25, 0.3) is 0 Å². The summed E-state index contributed by atoms with van der Waals surface area (Å²) >= 11 is 6.37. The van der Waals surface area contributed by atoms with Crippen LogP contribution >= 0.6 is 11.6 Å². The Balaban J connectivity index is 1.18. The van der Waals surface area contributed by atoms with Crippen LogP contribution in [0.3, 0.4) is 0 Å². The lowest BCUT2D eigenvalue weighted by molar-refractivity contribution is -0.137. The topological polar surface area (TPSA) is 74.3 Å².